The van der Waals surface area contributed by atoms with Crippen molar-refractivity contribution in [2.24, 2.45) is 5.73 Å². The van der Waals surface area contributed by atoms with Crippen LogP contribution in [0, 0.1) is 0 Å². The van der Waals surface area contributed by atoms with Gasteiger partial charge < -0.3 is 10.2 Å². The van der Waals surface area contributed by atoms with E-state index in [0.717, 1.165) is 31.3 Å². The molecule has 4 unspecified atom stereocenters. The Hall–Kier alpha value is -0.840. The van der Waals surface area contributed by atoms with Crippen LogP contribution in [-0.4, -0.2) is 48.1 Å². The summed E-state index contributed by atoms with van der Waals surface area (Å²) in [6.45, 7) is 4.41. The van der Waals surface area contributed by atoms with E-state index in [9.17, 15) is 0 Å². The van der Waals surface area contributed by atoms with Gasteiger partial charge in [-0.05, 0) is 44.9 Å². The van der Waals surface area contributed by atoms with Crippen molar-refractivity contribution in [1.29, 1.82) is 0 Å². The number of rotatable bonds is 4. The molecule has 2 N–H and O–H groups in total. The van der Waals surface area contributed by atoms with E-state index in [-0.39, 0.29) is 12.1 Å². The van der Waals surface area contributed by atoms with Crippen LogP contribution in [0.25, 0.3) is 0 Å². The van der Waals surface area contributed by atoms with E-state index in [1.54, 1.807) is 6.26 Å². The summed E-state index contributed by atoms with van der Waals surface area (Å²) in [5, 5.41) is 0. The van der Waals surface area contributed by atoms with Crippen LogP contribution in [-0.2, 0) is 0 Å². The average molecular weight is 277 g/mol. The van der Waals surface area contributed by atoms with Gasteiger partial charge in [-0.15, -0.1) is 0 Å². The topological polar surface area (TPSA) is 45.6 Å². The number of furan rings is 1. The lowest BCUT2D eigenvalue weighted by Crippen LogP contribution is -2.44. The van der Waals surface area contributed by atoms with Gasteiger partial charge >= 0.3 is 0 Å². The Kier molecular flexibility index (Phi) is 4.15. The molecule has 4 heteroatoms. The summed E-state index contributed by atoms with van der Waals surface area (Å²) in [4.78, 5) is 5.14. The average Bonchev–Trinajstić information content (AvgIpc) is 3.02. The quantitative estimate of drug-likeness (QED) is 0.916. The molecule has 2 aliphatic rings. The van der Waals surface area contributed by atoms with Gasteiger partial charge in [0.05, 0.1) is 12.3 Å². The molecule has 3 rings (SSSR count). The van der Waals surface area contributed by atoms with Crippen LogP contribution in [0.3, 0.4) is 0 Å². The van der Waals surface area contributed by atoms with E-state index >= 15 is 0 Å². The van der Waals surface area contributed by atoms with Gasteiger partial charge in [-0.25, -0.2) is 0 Å². The van der Waals surface area contributed by atoms with E-state index in [1.807, 2.05) is 6.07 Å². The van der Waals surface area contributed by atoms with Crippen molar-refractivity contribution < 1.29 is 4.42 Å². The largest absolute Gasteiger partial charge is 0.468 e. The lowest BCUT2D eigenvalue weighted by atomic mass is 9.99. The monoisotopic (exact) mass is 277 g/mol. The molecule has 112 valence electrons. The van der Waals surface area contributed by atoms with Crippen LogP contribution in [0.2, 0.25) is 0 Å². The van der Waals surface area contributed by atoms with E-state index in [4.69, 9.17) is 10.2 Å². The number of likely N-dealkylation sites (tertiary alicyclic amines) is 1. The van der Waals surface area contributed by atoms with Gasteiger partial charge in [0.2, 0.25) is 0 Å². The van der Waals surface area contributed by atoms with Crippen LogP contribution in [0.15, 0.2) is 22.8 Å². The minimum atomic E-state index is 0.142. The van der Waals surface area contributed by atoms with Gasteiger partial charge in [-0.1, -0.05) is 6.92 Å². The summed E-state index contributed by atoms with van der Waals surface area (Å²) in [6.07, 6.45) is 6.68. The van der Waals surface area contributed by atoms with Gasteiger partial charge in [0.25, 0.3) is 0 Å². The molecule has 0 saturated carbocycles. The molecular formula is C16H27N3O. The van der Waals surface area contributed by atoms with Crippen molar-refractivity contribution in [1.82, 2.24) is 9.80 Å². The number of nitrogens with zero attached hydrogens (tertiary/aromatic N) is 2. The highest BCUT2D eigenvalue weighted by atomic mass is 16.3. The second-order valence-corrected chi connectivity index (χ2v) is 6.37. The molecule has 4 atom stereocenters. The highest BCUT2D eigenvalue weighted by molar-refractivity contribution is 5.09. The summed E-state index contributed by atoms with van der Waals surface area (Å²) in [5.74, 6) is 1.03. The third kappa shape index (κ3) is 2.52. The normalized spacial score (nSPS) is 31.1. The van der Waals surface area contributed by atoms with E-state index in [0.29, 0.717) is 6.04 Å². The Bertz CT molecular complexity index is 419. The Morgan fingerprint density at radius 2 is 2.15 bits per heavy atom. The minimum absolute atomic E-state index is 0.142. The summed E-state index contributed by atoms with van der Waals surface area (Å²) in [5.41, 5.74) is 6.41. The van der Waals surface area contributed by atoms with E-state index in [2.05, 4.69) is 29.8 Å². The summed E-state index contributed by atoms with van der Waals surface area (Å²) in [6, 6.07) is 5.86. The van der Waals surface area contributed by atoms with Crippen molar-refractivity contribution in [3.8, 4) is 0 Å². The maximum Gasteiger partial charge on any atom is 0.122 e. The fraction of sp³-hybridized carbons (Fsp3) is 0.750. The van der Waals surface area contributed by atoms with Crippen LogP contribution >= 0.6 is 0 Å². The lowest BCUT2D eigenvalue weighted by molar-refractivity contribution is 0.132. The second kappa shape index (κ2) is 5.88. The standard InChI is InChI=1S/C16H27N3O/c1-3-14(17)16(15-5-4-10-20-15)19-9-8-12-6-7-13(11-19)18(12)2/h4-5,10,12-14,16H,3,6-9,11,17H2,1-2H3. The molecule has 20 heavy (non-hydrogen) atoms. The first-order chi connectivity index (χ1) is 9.70. The molecule has 0 aliphatic carbocycles. The lowest BCUT2D eigenvalue weighted by Gasteiger charge is -2.35. The molecular weight excluding hydrogens is 250 g/mol. The van der Waals surface area contributed by atoms with Crippen LogP contribution in [0.4, 0.5) is 0 Å². The van der Waals surface area contributed by atoms with Gasteiger partial charge in [0.15, 0.2) is 0 Å². The molecule has 1 aromatic rings. The SMILES string of the molecule is CCC(N)C(c1ccco1)N1CCC2CCC(C1)N2C. The van der Waals surface area contributed by atoms with Gasteiger partial charge in [-0.2, -0.15) is 0 Å². The zero-order valence-electron chi connectivity index (χ0n) is 12.7. The molecule has 2 bridgehead atoms. The molecule has 2 fully saturated rings. The number of fused-ring (bicyclic) bond motifs is 2. The molecule has 1 aromatic heterocycles. The molecule has 4 nitrogen and oxygen atoms in total. The van der Waals surface area contributed by atoms with Crippen molar-refractivity contribution >= 4 is 0 Å². The number of hydrogen-bond donors (Lipinski definition) is 1. The third-order valence-corrected chi connectivity index (χ3v) is 5.28. The Balaban J connectivity index is 1.81. The van der Waals surface area contributed by atoms with Gasteiger partial charge in [0, 0.05) is 31.2 Å². The van der Waals surface area contributed by atoms with E-state index < -0.39 is 0 Å². The Labute approximate surface area is 121 Å². The predicted molar refractivity (Wildman–Crippen MR) is 80.5 cm³/mol. The smallest absolute Gasteiger partial charge is 0.122 e. The van der Waals surface area contributed by atoms with Crippen molar-refractivity contribution in [2.75, 3.05) is 20.1 Å². The van der Waals surface area contributed by atoms with E-state index in [1.165, 1.54) is 19.3 Å². The molecule has 0 aromatic carbocycles. The van der Waals surface area contributed by atoms with Crippen molar-refractivity contribution in [3.63, 3.8) is 0 Å². The fourth-order valence-corrected chi connectivity index (χ4v) is 3.93. The predicted octanol–water partition coefficient (Wildman–Crippen LogP) is 2.23. The first-order valence-corrected chi connectivity index (χ1v) is 7.95. The highest BCUT2D eigenvalue weighted by Crippen LogP contribution is 2.34. The molecule has 0 amide bonds. The third-order valence-electron chi connectivity index (χ3n) is 5.28. The fourth-order valence-electron chi connectivity index (χ4n) is 3.93. The van der Waals surface area contributed by atoms with Crippen molar-refractivity contribution in [2.45, 2.75) is 56.8 Å². The van der Waals surface area contributed by atoms with Gasteiger partial charge in [0.1, 0.15) is 5.76 Å². The minimum Gasteiger partial charge on any atom is -0.468 e. The highest BCUT2D eigenvalue weighted by Gasteiger charge is 2.38. The zero-order chi connectivity index (χ0) is 14.1. The molecule has 0 radical (unpaired) electrons. The van der Waals surface area contributed by atoms with Crippen LogP contribution < -0.4 is 5.73 Å². The van der Waals surface area contributed by atoms with Gasteiger partial charge in [-0.3, -0.25) is 9.80 Å². The van der Waals surface area contributed by atoms with Crippen molar-refractivity contribution in [3.05, 3.63) is 24.2 Å². The molecule has 0 spiro atoms. The second-order valence-electron chi connectivity index (χ2n) is 6.37. The van der Waals surface area contributed by atoms with Crippen LogP contribution in [0.5, 0.6) is 0 Å². The summed E-state index contributed by atoms with van der Waals surface area (Å²) >= 11 is 0. The first-order valence-electron chi connectivity index (χ1n) is 7.95. The van der Waals surface area contributed by atoms with Crippen LogP contribution in [0.1, 0.15) is 44.4 Å². The number of hydrogen-bond acceptors (Lipinski definition) is 4. The zero-order valence-corrected chi connectivity index (χ0v) is 12.7. The molecule has 3 heterocycles. The molecule has 2 saturated heterocycles. The number of nitrogens with two attached hydrogens (primary N) is 1. The first kappa shape index (κ1) is 14.1. The Morgan fingerprint density at radius 1 is 1.35 bits per heavy atom. The summed E-state index contributed by atoms with van der Waals surface area (Å²) < 4.78 is 5.68. The maximum absolute atomic E-state index is 6.41. The summed E-state index contributed by atoms with van der Waals surface area (Å²) in [7, 11) is 2.29. The number of likely N-dealkylation sites (N-methyl/N-ethyl adjacent to an activating group) is 1. The molecule has 2 aliphatic heterocycles. The Morgan fingerprint density at radius 3 is 2.85 bits per heavy atom. The maximum atomic E-state index is 6.41.